The maximum absolute atomic E-state index is 12.4. The van der Waals surface area contributed by atoms with Crippen LogP contribution in [-0.2, 0) is 6.42 Å². The Balaban J connectivity index is 1.92. The van der Waals surface area contributed by atoms with Crippen LogP contribution < -0.4 is 19.7 Å². The molecule has 1 amide bonds. The molecule has 6 nitrogen and oxygen atoms in total. The van der Waals surface area contributed by atoms with Crippen LogP contribution in [0.15, 0.2) is 36.5 Å². The summed E-state index contributed by atoms with van der Waals surface area (Å²) in [5.74, 6) is 2.11. The van der Waals surface area contributed by atoms with Gasteiger partial charge in [-0.1, -0.05) is 19.4 Å². The van der Waals surface area contributed by atoms with Gasteiger partial charge in [-0.3, -0.25) is 4.79 Å². The third-order valence-electron chi connectivity index (χ3n) is 4.39. The van der Waals surface area contributed by atoms with E-state index in [2.05, 4.69) is 22.1 Å². The molecule has 0 radical (unpaired) electrons. The first-order valence-electron chi connectivity index (χ1n) is 9.25. The van der Waals surface area contributed by atoms with Crippen LogP contribution >= 0.6 is 0 Å². The fourth-order valence-corrected chi connectivity index (χ4v) is 2.74. The van der Waals surface area contributed by atoms with Gasteiger partial charge in [0, 0.05) is 31.9 Å². The standard InChI is InChI=1S/C21H29N3O3/c1-5-6-13-24(2)20-15-17(10-12-22-20)21(25)23-11-9-16-7-8-18(26-3)19(14-16)27-4/h7-8,10,12,14-15H,5-6,9,11,13H2,1-4H3,(H,23,25). The van der Waals surface area contributed by atoms with Gasteiger partial charge in [0.05, 0.1) is 14.2 Å². The Morgan fingerprint density at radius 2 is 1.93 bits per heavy atom. The minimum absolute atomic E-state index is 0.0944. The quantitative estimate of drug-likeness (QED) is 0.694. The normalized spacial score (nSPS) is 10.4. The molecule has 0 unspecified atom stereocenters. The average Bonchev–Trinajstić information content (AvgIpc) is 2.71. The number of aromatic nitrogens is 1. The number of amides is 1. The monoisotopic (exact) mass is 371 g/mol. The highest BCUT2D eigenvalue weighted by Gasteiger charge is 2.10. The Kier molecular flexibility index (Phi) is 7.92. The van der Waals surface area contributed by atoms with Gasteiger partial charge in [-0.15, -0.1) is 0 Å². The molecule has 0 fully saturated rings. The van der Waals surface area contributed by atoms with E-state index in [0.29, 0.717) is 30.0 Å². The number of hydrogen-bond acceptors (Lipinski definition) is 5. The van der Waals surface area contributed by atoms with Crippen molar-refractivity contribution in [3.63, 3.8) is 0 Å². The fraction of sp³-hybridized carbons (Fsp3) is 0.429. The van der Waals surface area contributed by atoms with Crippen molar-refractivity contribution >= 4 is 11.7 Å². The number of nitrogens with zero attached hydrogens (tertiary/aromatic N) is 2. The lowest BCUT2D eigenvalue weighted by Crippen LogP contribution is -2.26. The molecule has 0 aliphatic rings. The van der Waals surface area contributed by atoms with Gasteiger partial charge in [-0.05, 0) is 42.7 Å². The molecule has 1 aromatic carbocycles. The van der Waals surface area contributed by atoms with E-state index in [9.17, 15) is 4.79 Å². The molecule has 1 heterocycles. The van der Waals surface area contributed by atoms with Crippen LogP contribution in [0.25, 0.3) is 0 Å². The summed E-state index contributed by atoms with van der Waals surface area (Å²) in [4.78, 5) is 18.9. The first-order valence-corrected chi connectivity index (χ1v) is 9.25. The van der Waals surface area contributed by atoms with Crippen LogP contribution in [0.5, 0.6) is 11.5 Å². The largest absolute Gasteiger partial charge is 0.493 e. The topological polar surface area (TPSA) is 63.7 Å². The van der Waals surface area contributed by atoms with Crippen molar-refractivity contribution in [2.45, 2.75) is 26.2 Å². The second kappa shape index (κ2) is 10.4. The minimum atomic E-state index is -0.0944. The zero-order valence-corrected chi connectivity index (χ0v) is 16.6. The van der Waals surface area contributed by atoms with Gasteiger partial charge in [-0.25, -0.2) is 4.98 Å². The number of unbranched alkanes of at least 4 members (excludes halogenated alkanes) is 1. The minimum Gasteiger partial charge on any atom is -0.493 e. The van der Waals surface area contributed by atoms with Crippen molar-refractivity contribution in [2.75, 3.05) is 39.3 Å². The predicted octanol–water partition coefficient (Wildman–Crippen LogP) is 3.31. The average molecular weight is 371 g/mol. The molecule has 0 spiro atoms. The van der Waals surface area contributed by atoms with E-state index < -0.39 is 0 Å². The van der Waals surface area contributed by atoms with E-state index in [1.165, 1.54) is 0 Å². The Labute approximate surface area is 161 Å². The molecule has 0 aliphatic heterocycles. The molecule has 1 N–H and O–H groups in total. The van der Waals surface area contributed by atoms with Crippen LogP contribution in [0.4, 0.5) is 5.82 Å². The van der Waals surface area contributed by atoms with Gasteiger partial charge in [0.1, 0.15) is 5.82 Å². The number of carbonyl (C=O) groups is 1. The van der Waals surface area contributed by atoms with Gasteiger partial charge in [0.15, 0.2) is 11.5 Å². The molecule has 0 aliphatic carbocycles. The van der Waals surface area contributed by atoms with E-state index >= 15 is 0 Å². The van der Waals surface area contributed by atoms with E-state index in [4.69, 9.17) is 9.47 Å². The number of nitrogens with one attached hydrogen (secondary N) is 1. The highest BCUT2D eigenvalue weighted by Crippen LogP contribution is 2.27. The van der Waals surface area contributed by atoms with Crippen LogP contribution in [-0.4, -0.2) is 45.2 Å². The van der Waals surface area contributed by atoms with Crippen molar-refractivity contribution in [2.24, 2.45) is 0 Å². The van der Waals surface area contributed by atoms with Gasteiger partial charge in [0.25, 0.3) is 5.91 Å². The highest BCUT2D eigenvalue weighted by atomic mass is 16.5. The summed E-state index contributed by atoms with van der Waals surface area (Å²) in [5.41, 5.74) is 1.69. The summed E-state index contributed by atoms with van der Waals surface area (Å²) in [6.07, 6.45) is 4.61. The number of ether oxygens (including phenoxy) is 2. The van der Waals surface area contributed by atoms with Crippen molar-refractivity contribution in [3.05, 3.63) is 47.7 Å². The van der Waals surface area contributed by atoms with Crippen LogP contribution in [0.2, 0.25) is 0 Å². The highest BCUT2D eigenvalue weighted by molar-refractivity contribution is 5.94. The zero-order chi connectivity index (χ0) is 19.6. The maximum Gasteiger partial charge on any atom is 0.251 e. The van der Waals surface area contributed by atoms with E-state index in [1.807, 2.05) is 31.3 Å². The molecule has 27 heavy (non-hydrogen) atoms. The van der Waals surface area contributed by atoms with Gasteiger partial charge in [-0.2, -0.15) is 0 Å². The van der Waals surface area contributed by atoms with Crippen LogP contribution in [0.3, 0.4) is 0 Å². The molecule has 0 saturated carbocycles. The second-order valence-electron chi connectivity index (χ2n) is 6.37. The number of carbonyl (C=O) groups excluding carboxylic acids is 1. The van der Waals surface area contributed by atoms with Crippen molar-refractivity contribution < 1.29 is 14.3 Å². The third-order valence-corrected chi connectivity index (χ3v) is 4.39. The summed E-state index contributed by atoms with van der Waals surface area (Å²) in [6.45, 7) is 3.62. The SMILES string of the molecule is CCCCN(C)c1cc(C(=O)NCCc2ccc(OC)c(OC)c2)ccn1. The number of benzene rings is 1. The zero-order valence-electron chi connectivity index (χ0n) is 16.6. The van der Waals surface area contributed by atoms with Gasteiger partial charge < -0.3 is 19.7 Å². The molecule has 1 aromatic heterocycles. The molecule has 146 valence electrons. The van der Waals surface area contributed by atoms with E-state index in [-0.39, 0.29) is 5.91 Å². The number of anilines is 1. The third kappa shape index (κ3) is 5.88. The van der Waals surface area contributed by atoms with Crippen LogP contribution in [0, 0.1) is 0 Å². The molecule has 0 bridgehead atoms. The molecule has 2 aromatic rings. The Hall–Kier alpha value is -2.76. The summed E-state index contributed by atoms with van der Waals surface area (Å²) in [6, 6.07) is 9.35. The molecule has 2 rings (SSSR count). The van der Waals surface area contributed by atoms with Crippen molar-refractivity contribution in [1.82, 2.24) is 10.3 Å². The van der Waals surface area contributed by atoms with Crippen molar-refractivity contribution in [3.8, 4) is 11.5 Å². The fourth-order valence-electron chi connectivity index (χ4n) is 2.74. The molecular weight excluding hydrogens is 342 g/mol. The summed E-state index contributed by atoms with van der Waals surface area (Å²) < 4.78 is 10.6. The summed E-state index contributed by atoms with van der Waals surface area (Å²) >= 11 is 0. The lowest BCUT2D eigenvalue weighted by Gasteiger charge is -2.18. The summed E-state index contributed by atoms with van der Waals surface area (Å²) in [5, 5.41) is 2.97. The van der Waals surface area contributed by atoms with E-state index in [1.54, 1.807) is 26.5 Å². The van der Waals surface area contributed by atoms with Crippen molar-refractivity contribution in [1.29, 1.82) is 0 Å². The van der Waals surface area contributed by atoms with Gasteiger partial charge >= 0.3 is 0 Å². The molecular formula is C21H29N3O3. The molecule has 0 atom stereocenters. The number of methoxy groups -OCH3 is 2. The number of rotatable bonds is 10. The Morgan fingerprint density at radius 3 is 2.63 bits per heavy atom. The number of pyridine rings is 1. The Bertz CT molecular complexity index is 749. The lowest BCUT2D eigenvalue weighted by atomic mass is 10.1. The van der Waals surface area contributed by atoms with Crippen LogP contribution in [0.1, 0.15) is 35.7 Å². The maximum atomic E-state index is 12.4. The predicted molar refractivity (Wildman–Crippen MR) is 108 cm³/mol. The second-order valence-corrected chi connectivity index (χ2v) is 6.37. The van der Waals surface area contributed by atoms with E-state index in [0.717, 1.165) is 30.8 Å². The number of hydrogen-bond donors (Lipinski definition) is 1. The first-order chi connectivity index (χ1) is 13.1. The summed E-state index contributed by atoms with van der Waals surface area (Å²) in [7, 11) is 5.22. The molecule has 6 heteroatoms. The Morgan fingerprint density at radius 1 is 1.15 bits per heavy atom. The smallest absolute Gasteiger partial charge is 0.251 e. The molecule has 0 saturated heterocycles. The first kappa shape index (κ1) is 20.6. The lowest BCUT2D eigenvalue weighted by molar-refractivity contribution is 0.0954. The van der Waals surface area contributed by atoms with Gasteiger partial charge in [0.2, 0.25) is 0 Å².